The van der Waals surface area contributed by atoms with Crippen LogP contribution in [0.4, 0.5) is 0 Å². The van der Waals surface area contributed by atoms with E-state index < -0.39 is 0 Å². The van der Waals surface area contributed by atoms with Crippen LogP contribution < -0.4 is 0 Å². The molecule has 0 rings (SSSR count). The van der Waals surface area contributed by atoms with E-state index >= 15 is 0 Å². The van der Waals surface area contributed by atoms with Crippen molar-refractivity contribution in [3.8, 4) is 0 Å². The molecule has 0 aromatic rings. The van der Waals surface area contributed by atoms with E-state index in [0.717, 1.165) is 12.8 Å². The molecule has 3 heteroatoms. The molecule has 0 radical (unpaired) electrons. The summed E-state index contributed by atoms with van der Waals surface area (Å²) in [4.78, 5) is 11.5. The Balaban J connectivity index is 0. The standard InChI is InChI=1S/C18H36O2.Na.H/c1-3-5-7-9-10-11-12-13-14-16-18(19)20-17-15-8-6-4-2;;/h3-17H2,1-2H3;;. The first-order chi connectivity index (χ1) is 9.81. The van der Waals surface area contributed by atoms with Gasteiger partial charge in [-0.25, -0.2) is 0 Å². The molecule has 0 N–H and O–H groups in total. The third kappa shape index (κ3) is 20.5. The van der Waals surface area contributed by atoms with Crippen molar-refractivity contribution >= 4 is 35.5 Å². The van der Waals surface area contributed by atoms with E-state index in [2.05, 4.69) is 13.8 Å². The van der Waals surface area contributed by atoms with Gasteiger partial charge >= 0.3 is 35.5 Å². The zero-order valence-electron chi connectivity index (χ0n) is 13.9. The van der Waals surface area contributed by atoms with Crippen molar-refractivity contribution < 1.29 is 9.53 Å². The van der Waals surface area contributed by atoms with Crippen LogP contribution in [0, 0.1) is 0 Å². The SMILES string of the molecule is CCCCCCCCCCCC(=O)OCCCCCC.[NaH]. The molecule has 0 saturated heterocycles. The van der Waals surface area contributed by atoms with E-state index in [1.807, 2.05) is 0 Å². The number of ether oxygens (including phenoxy) is 1. The third-order valence-corrected chi connectivity index (χ3v) is 3.75. The van der Waals surface area contributed by atoms with Gasteiger partial charge in [-0.15, -0.1) is 0 Å². The Hall–Kier alpha value is 0.470. The molecule has 0 saturated carbocycles. The third-order valence-electron chi connectivity index (χ3n) is 3.75. The molecular weight excluding hydrogens is 271 g/mol. The van der Waals surface area contributed by atoms with Crippen molar-refractivity contribution in [1.82, 2.24) is 0 Å². The molecule has 0 bridgehead atoms. The van der Waals surface area contributed by atoms with Gasteiger partial charge in [-0.3, -0.25) is 4.79 Å². The second kappa shape index (κ2) is 20.5. The minimum absolute atomic E-state index is 0. The Labute approximate surface area is 155 Å². The average Bonchev–Trinajstić information content (AvgIpc) is 2.45. The van der Waals surface area contributed by atoms with Crippen molar-refractivity contribution in [2.24, 2.45) is 0 Å². The maximum atomic E-state index is 11.5. The summed E-state index contributed by atoms with van der Waals surface area (Å²) in [6.45, 7) is 5.06. The van der Waals surface area contributed by atoms with Gasteiger partial charge in [0.1, 0.15) is 0 Å². The number of carbonyl (C=O) groups is 1. The van der Waals surface area contributed by atoms with E-state index in [1.54, 1.807) is 0 Å². The summed E-state index contributed by atoms with van der Waals surface area (Å²) in [5.74, 6) is 0.00412. The summed E-state index contributed by atoms with van der Waals surface area (Å²) < 4.78 is 5.22. The van der Waals surface area contributed by atoms with Crippen molar-refractivity contribution in [3.63, 3.8) is 0 Å². The molecule has 0 heterocycles. The quantitative estimate of drug-likeness (QED) is 0.230. The molecule has 2 nitrogen and oxygen atoms in total. The fraction of sp³-hybridized carbons (Fsp3) is 0.944. The molecule has 21 heavy (non-hydrogen) atoms. The van der Waals surface area contributed by atoms with Gasteiger partial charge in [0, 0.05) is 6.42 Å². The Kier molecular flexibility index (Phi) is 23.1. The van der Waals surface area contributed by atoms with Gasteiger partial charge in [-0.05, 0) is 12.8 Å². The predicted octanol–water partition coefficient (Wildman–Crippen LogP) is 5.38. The summed E-state index contributed by atoms with van der Waals surface area (Å²) in [5, 5.41) is 0. The van der Waals surface area contributed by atoms with E-state index in [0.29, 0.717) is 13.0 Å². The predicted molar refractivity (Wildman–Crippen MR) is 94.1 cm³/mol. The zero-order valence-corrected chi connectivity index (χ0v) is 13.9. The van der Waals surface area contributed by atoms with Crippen LogP contribution in [0.15, 0.2) is 0 Å². The molecule has 0 amide bonds. The number of hydrogen-bond donors (Lipinski definition) is 0. The van der Waals surface area contributed by atoms with Crippen LogP contribution in [0.3, 0.4) is 0 Å². The Morgan fingerprint density at radius 1 is 0.667 bits per heavy atom. The Bertz CT molecular complexity index is 207. The first kappa shape index (κ1) is 23.7. The first-order valence-corrected chi connectivity index (χ1v) is 8.96. The summed E-state index contributed by atoms with van der Waals surface area (Å²) in [6, 6.07) is 0. The molecular formula is C18H37NaO2. The van der Waals surface area contributed by atoms with Crippen molar-refractivity contribution in [2.45, 2.75) is 104 Å². The minimum atomic E-state index is 0. The van der Waals surface area contributed by atoms with E-state index in [4.69, 9.17) is 4.74 Å². The topological polar surface area (TPSA) is 26.3 Å². The van der Waals surface area contributed by atoms with Crippen LogP contribution in [0.2, 0.25) is 0 Å². The van der Waals surface area contributed by atoms with Gasteiger partial charge in [0.25, 0.3) is 0 Å². The molecule has 0 aliphatic carbocycles. The van der Waals surface area contributed by atoms with Gasteiger partial charge in [0.05, 0.1) is 6.61 Å². The van der Waals surface area contributed by atoms with E-state index in [9.17, 15) is 4.79 Å². The van der Waals surface area contributed by atoms with Crippen molar-refractivity contribution in [2.75, 3.05) is 6.61 Å². The van der Waals surface area contributed by atoms with Crippen LogP contribution in [0.1, 0.15) is 104 Å². The van der Waals surface area contributed by atoms with Crippen LogP contribution in [0.25, 0.3) is 0 Å². The zero-order chi connectivity index (χ0) is 14.9. The van der Waals surface area contributed by atoms with E-state index in [1.165, 1.54) is 70.6 Å². The summed E-state index contributed by atoms with van der Waals surface area (Å²) in [5.41, 5.74) is 0. The summed E-state index contributed by atoms with van der Waals surface area (Å²) in [7, 11) is 0. The molecule has 0 atom stereocenters. The van der Waals surface area contributed by atoms with Crippen molar-refractivity contribution in [3.05, 3.63) is 0 Å². The van der Waals surface area contributed by atoms with Crippen LogP contribution in [-0.4, -0.2) is 42.1 Å². The first-order valence-electron chi connectivity index (χ1n) is 8.96. The molecule has 0 aliphatic rings. The maximum absolute atomic E-state index is 11.5. The molecule has 0 spiro atoms. The second-order valence-corrected chi connectivity index (χ2v) is 5.86. The van der Waals surface area contributed by atoms with Gasteiger partial charge < -0.3 is 4.74 Å². The normalized spacial score (nSPS) is 10.2. The number of rotatable bonds is 15. The summed E-state index contributed by atoms with van der Waals surface area (Å²) in [6.07, 6.45) is 16.9. The molecule has 0 aromatic heterocycles. The monoisotopic (exact) mass is 308 g/mol. The molecule has 0 aromatic carbocycles. The summed E-state index contributed by atoms with van der Waals surface area (Å²) >= 11 is 0. The Morgan fingerprint density at radius 2 is 1.10 bits per heavy atom. The van der Waals surface area contributed by atoms with Gasteiger partial charge in [-0.1, -0.05) is 84.5 Å². The van der Waals surface area contributed by atoms with Crippen molar-refractivity contribution in [1.29, 1.82) is 0 Å². The van der Waals surface area contributed by atoms with Crippen LogP contribution >= 0.6 is 0 Å². The van der Waals surface area contributed by atoms with Gasteiger partial charge in [-0.2, -0.15) is 0 Å². The fourth-order valence-electron chi connectivity index (χ4n) is 2.37. The molecule has 0 fully saturated rings. The van der Waals surface area contributed by atoms with Gasteiger partial charge in [0.15, 0.2) is 0 Å². The average molecular weight is 308 g/mol. The fourth-order valence-corrected chi connectivity index (χ4v) is 2.37. The van der Waals surface area contributed by atoms with Gasteiger partial charge in [0.2, 0.25) is 0 Å². The van der Waals surface area contributed by atoms with E-state index in [-0.39, 0.29) is 35.5 Å². The number of carbonyl (C=O) groups excluding carboxylic acids is 1. The Morgan fingerprint density at radius 3 is 1.62 bits per heavy atom. The van der Waals surface area contributed by atoms with Crippen LogP contribution in [-0.2, 0) is 9.53 Å². The second-order valence-electron chi connectivity index (χ2n) is 5.86. The number of unbranched alkanes of at least 4 members (excludes halogenated alkanes) is 11. The number of esters is 1. The molecule has 122 valence electrons. The number of hydrogen-bond acceptors (Lipinski definition) is 2. The molecule has 0 unspecified atom stereocenters. The molecule has 0 aliphatic heterocycles. The van der Waals surface area contributed by atoms with Crippen LogP contribution in [0.5, 0.6) is 0 Å².